The molecule has 2 N–H and O–H groups in total. The normalized spacial score (nSPS) is 20.5. The van der Waals surface area contributed by atoms with Crippen molar-refractivity contribution in [2.75, 3.05) is 18.0 Å². The molecule has 1 saturated heterocycles. The summed E-state index contributed by atoms with van der Waals surface area (Å²) in [6, 6.07) is 3.95. The van der Waals surface area contributed by atoms with E-state index >= 15 is 0 Å². The minimum atomic E-state index is 0.308. The molecule has 5 nitrogen and oxygen atoms in total. The molecule has 1 aliphatic rings. The number of hydrogen-bond acceptors (Lipinski definition) is 5. The molecule has 84 valence electrons. The Morgan fingerprint density at radius 2 is 2.44 bits per heavy atom. The minimum Gasteiger partial charge on any atom is -0.337 e. The van der Waals surface area contributed by atoms with E-state index in [-0.39, 0.29) is 0 Å². The molecule has 5 heteroatoms. The number of piperidine rings is 1. The fourth-order valence-electron chi connectivity index (χ4n) is 2.06. The molecule has 0 aromatic carbocycles. The molecule has 1 fully saturated rings. The van der Waals surface area contributed by atoms with Gasteiger partial charge in [0.2, 0.25) is 5.95 Å². The molecule has 1 unspecified atom stereocenters. The van der Waals surface area contributed by atoms with Gasteiger partial charge in [0.25, 0.3) is 0 Å². The average molecular weight is 217 g/mol. The SMILES string of the molecule is N#Cc1ccnc(N2CCCCC2CN)n1. The second kappa shape index (κ2) is 4.90. The van der Waals surface area contributed by atoms with Crippen molar-refractivity contribution in [1.82, 2.24) is 9.97 Å². The Kier molecular flexibility index (Phi) is 3.32. The van der Waals surface area contributed by atoms with Crippen LogP contribution in [0.3, 0.4) is 0 Å². The number of nitrogens with two attached hydrogens (primary N) is 1. The van der Waals surface area contributed by atoms with E-state index in [1.807, 2.05) is 6.07 Å². The molecule has 0 aliphatic carbocycles. The maximum Gasteiger partial charge on any atom is 0.226 e. The quantitative estimate of drug-likeness (QED) is 0.787. The van der Waals surface area contributed by atoms with Gasteiger partial charge in [0.15, 0.2) is 0 Å². The van der Waals surface area contributed by atoms with Crippen LogP contribution in [0.4, 0.5) is 5.95 Å². The third-order valence-corrected chi connectivity index (χ3v) is 2.91. The number of rotatable bonds is 2. The number of aromatic nitrogens is 2. The third kappa shape index (κ3) is 2.12. The van der Waals surface area contributed by atoms with E-state index in [1.54, 1.807) is 12.3 Å². The van der Waals surface area contributed by atoms with Gasteiger partial charge in [0.1, 0.15) is 11.8 Å². The van der Waals surface area contributed by atoms with Gasteiger partial charge in [0, 0.05) is 25.3 Å². The van der Waals surface area contributed by atoms with Gasteiger partial charge in [-0.05, 0) is 25.3 Å². The maximum absolute atomic E-state index is 8.80. The number of anilines is 1. The van der Waals surface area contributed by atoms with Crippen molar-refractivity contribution >= 4 is 5.95 Å². The van der Waals surface area contributed by atoms with Gasteiger partial charge in [-0.3, -0.25) is 0 Å². The summed E-state index contributed by atoms with van der Waals surface area (Å²) in [7, 11) is 0. The summed E-state index contributed by atoms with van der Waals surface area (Å²) in [6.07, 6.45) is 5.05. The lowest BCUT2D eigenvalue weighted by Gasteiger charge is -2.34. The van der Waals surface area contributed by atoms with Crippen LogP contribution in [0.1, 0.15) is 25.0 Å². The molecule has 1 aromatic rings. The fourth-order valence-corrected chi connectivity index (χ4v) is 2.06. The second-order valence-electron chi connectivity index (χ2n) is 3.93. The molecule has 0 saturated carbocycles. The molecule has 2 heterocycles. The standard InChI is InChI=1S/C11H15N5/c12-7-9-4-5-14-11(15-9)16-6-2-1-3-10(16)8-13/h4-5,10H,1-3,6,8,13H2. The molecule has 0 amide bonds. The first kappa shape index (κ1) is 10.8. The van der Waals surface area contributed by atoms with Crippen LogP contribution in [0.15, 0.2) is 12.3 Å². The highest BCUT2D eigenvalue weighted by Crippen LogP contribution is 2.20. The zero-order valence-corrected chi connectivity index (χ0v) is 9.13. The largest absolute Gasteiger partial charge is 0.337 e. The highest BCUT2D eigenvalue weighted by Gasteiger charge is 2.23. The molecular formula is C11H15N5. The van der Waals surface area contributed by atoms with Gasteiger partial charge in [0.05, 0.1) is 0 Å². The topological polar surface area (TPSA) is 78.8 Å². The summed E-state index contributed by atoms with van der Waals surface area (Å²) >= 11 is 0. The van der Waals surface area contributed by atoms with E-state index < -0.39 is 0 Å². The van der Waals surface area contributed by atoms with E-state index in [0.717, 1.165) is 19.4 Å². The lowest BCUT2D eigenvalue weighted by atomic mass is 10.0. The van der Waals surface area contributed by atoms with Crippen LogP contribution in [0, 0.1) is 11.3 Å². The second-order valence-corrected chi connectivity index (χ2v) is 3.93. The molecule has 0 bridgehead atoms. The Morgan fingerprint density at radius 1 is 1.56 bits per heavy atom. The van der Waals surface area contributed by atoms with Gasteiger partial charge in [-0.25, -0.2) is 9.97 Å². The van der Waals surface area contributed by atoms with Crippen LogP contribution in [-0.4, -0.2) is 29.1 Å². The van der Waals surface area contributed by atoms with Crippen LogP contribution in [0.2, 0.25) is 0 Å². The van der Waals surface area contributed by atoms with Crippen LogP contribution in [0.5, 0.6) is 0 Å². The molecule has 1 aliphatic heterocycles. The highest BCUT2D eigenvalue weighted by atomic mass is 15.3. The zero-order valence-electron chi connectivity index (χ0n) is 9.13. The van der Waals surface area contributed by atoms with Crippen molar-refractivity contribution in [3.05, 3.63) is 18.0 Å². The smallest absolute Gasteiger partial charge is 0.226 e. The van der Waals surface area contributed by atoms with Crippen molar-refractivity contribution < 1.29 is 0 Å². The molecule has 0 spiro atoms. The van der Waals surface area contributed by atoms with Gasteiger partial charge in [-0.15, -0.1) is 0 Å². The van der Waals surface area contributed by atoms with E-state index in [2.05, 4.69) is 14.9 Å². The summed E-state index contributed by atoms with van der Waals surface area (Å²) in [5.74, 6) is 0.634. The van der Waals surface area contributed by atoms with Gasteiger partial charge in [-0.1, -0.05) is 0 Å². The van der Waals surface area contributed by atoms with E-state index in [1.165, 1.54) is 6.42 Å². The maximum atomic E-state index is 8.80. The Balaban J connectivity index is 2.24. The summed E-state index contributed by atoms with van der Waals surface area (Å²) in [5, 5.41) is 8.80. The summed E-state index contributed by atoms with van der Waals surface area (Å²) in [4.78, 5) is 10.5. The van der Waals surface area contributed by atoms with Crippen molar-refractivity contribution in [3.63, 3.8) is 0 Å². The van der Waals surface area contributed by atoms with Crippen molar-refractivity contribution in [1.29, 1.82) is 5.26 Å². The number of nitriles is 1. The Hall–Kier alpha value is -1.67. The van der Waals surface area contributed by atoms with Crippen molar-refractivity contribution in [2.24, 2.45) is 5.73 Å². The predicted octanol–water partition coefficient (Wildman–Crippen LogP) is 0.666. The summed E-state index contributed by atoms with van der Waals surface area (Å²) < 4.78 is 0. The molecule has 2 rings (SSSR count). The first-order valence-electron chi connectivity index (χ1n) is 5.55. The molecular weight excluding hydrogens is 202 g/mol. The minimum absolute atomic E-state index is 0.308. The predicted molar refractivity (Wildman–Crippen MR) is 60.8 cm³/mol. The zero-order chi connectivity index (χ0) is 11.4. The first-order chi connectivity index (χ1) is 7.85. The lowest BCUT2D eigenvalue weighted by molar-refractivity contribution is 0.458. The number of hydrogen-bond donors (Lipinski definition) is 1. The van der Waals surface area contributed by atoms with Crippen LogP contribution in [-0.2, 0) is 0 Å². The van der Waals surface area contributed by atoms with Crippen molar-refractivity contribution in [2.45, 2.75) is 25.3 Å². The van der Waals surface area contributed by atoms with Gasteiger partial charge >= 0.3 is 0 Å². The van der Waals surface area contributed by atoms with Crippen molar-refractivity contribution in [3.8, 4) is 6.07 Å². The Bertz CT molecular complexity index is 398. The third-order valence-electron chi connectivity index (χ3n) is 2.91. The van der Waals surface area contributed by atoms with E-state index in [9.17, 15) is 0 Å². The lowest BCUT2D eigenvalue weighted by Crippen LogP contribution is -2.45. The highest BCUT2D eigenvalue weighted by molar-refractivity contribution is 5.35. The van der Waals surface area contributed by atoms with Gasteiger partial charge in [-0.2, -0.15) is 5.26 Å². The molecule has 16 heavy (non-hydrogen) atoms. The van der Waals surface area contributed by atoms with Crippen LogP contribution < -0.4 is 10.6 Å². The monoisotopic (exact) mass is 217 g/mol. The summed E-state index contributed by atoms with van der Waals surface area (Å²) in [5.41, 5.74) is 6.15. The van der Waals surface area contributed by atoms with Crippen LogP contribution >= 0.6 is 0 Å². The van der Waals surface area contributed by atoms with Crippen LogP contribution in [0.25, 0.3) is 0 Å². The number of nitrogens with zero attached hydrogens (tertiary/aromatic N) is 4. The average Bonchev–Trinajstić information content (AvgIpc) is 2.38. The molecule has 1 aromatic heterocycles. The summed E-state index contributed by atoms with van der Waals surface area (Å²) in [6.45, 7) is 1.54. The Morgan fingerprint density at radius 3 is 3.19 bits per heavy atom. The molecule has 0 radical (unpaired) electrons. The Labute approximate surface area is 94.9 Å². The van der Waals surface area contributed by atoms with Gasteiger partial charge < -0.3 is 10.6 Å². The van der Waals surface area contributed by atoms with E-state index in [4.69, 9.17) is 11.0 Å². The first-order valence-corrected chi connectivity index (χ1v) is 5.55. The molecule has 1 atom stereocenters. The fraction of sp³-hybridized carbons (Fsp3) is 0.545. The van der Waals surface area contributed by atoms with E-state index in [0.29, 0.717) is 24.2 Å².